The maximum Gasteiger partial charge on any atom is 0.227 e. The highest BCUT2D eigenvalue weighted by atomic mass is 16.2. The van der Waals surface area contributed by atoms with E-state index in [0.717, 1.165) is 24.9 Å². The summed E-state index contributed by atoms with van der Waals surface area (Å²) < 4.78 is 0. The number of carbonyl (C=O) groups excluding carboxylic acids is 1. The summed E-state index contributed by atoms with van der Waals surface area (Å²) in [6, 6.07) is 6.41. The van der Waals surface area contributed by atoms with Crippen molar-refractivity contribution in [3.05, 3.63) is 34.9 Å². The van der Waals surface area contributed by atoms with E-state index in [2.05, 4.69) is 32.0 Å². The first-order chi connectivity index (χ1) is 8.56. The van der Waals surface area contributed by atoms with E-state index in [-0.39, 0.29) is 11.9 Å². The van der Waals surface area contributed by atoms with Gasteiger partial charge in [-0.05, 0) is 37.8 Å². The van der Waals surface area contributed by atoms with Gasteiger partial charge in [0.1, 0.15) is 0 Å². The Balaban J connectivity index is 2.02. The van der Waals surface area contributed by atoms with Crippen molar-refractivity contribution in [2.45, 2.75) is 39.2 Å². The number of nitrogens with zero attached hydrogens (tertiary/aromatic N) is 1. The monoisotopic (exact) mass is 246 g/mol. The number of hydrogen-bond acceptors (Lipinski definition) is 2. The Kier molecular flexibility index (Phi) is 4.02. The average molecular weight is 246 g/mol. The molecule has 0 radical (unpaired) electrons. The molecule has 0 aliphatic carbocycles. The smallest absolute Gasteiger partial charge is 0.227 e. The van der Waals surface area contributed by atoms with Crippen LogP contribution in [0.2, 0.25) is 0 Å². The second-order valence-corrected chi connectivity index (χ2v) is 5.35. The molecular formula is C15H22N2O. The van der Waals surface area contributed by atoms with E-state index < -0.39 is 0 Å². The van der Waals surface area contributed by atoms with Gasteiger partial charge in [-0.25, -0.2) is 0 Å². The van der Waals surface area contributed by atoms with Crippen LogP contribution in [0.1, 0.15) is 29.5 Å². The number of piperidine rings is 1. The predicted molar refractivity (Wildman–Crippen MR) is 73.4 cm³/mol. The standard InChI is InChI=1S/C15H22N2O/c1-11-5-6-13(12(2)8-11)9-15(18)17-7-3-4-14(16)10-17/h5-6,8,14H,3-4,7,9-10,16H2,1-2H3. The highest BCUT2D eigenvalue weighted by molar-refractivity contribution is 5.79. The number of hydrogen-bond donors (Lipinski definition) is 1. The van der Waals surface area contributed by atoms with Crippen molar-refractivity contribution in [3.63, 3.8) is 0 Å². The highest BCUT2D eigenvalue weighted by Gasteiger charge is 2.21. The van der Waals surface area contributed by atoms with Gasteiger partial charge in [-0.2, -0.15) is 0 Å². The van der Waals surface area contributed by atoms with Crippen molar-refractivity contribution in [1.29, 1.82) is 0 Å². The number of nitrogens with two attached hydrogens (primary N) is 1. The molecule has 1 heterocycles. The van der Waals surface area contributed by atoms with Gasteiger partial charge >= 0.3 is 0 Å². The highest BCUT2D eigenvalue weighted by Crippen LogP contribution is 2.14. The molecule has 1 fully saturated rings. The minimum Gasteiger partial charge on any atom is -0.341 e. The molecule has 98 valence electrons. The summed E-state index contributed by atoms with van der Waals surface area (Å²) in [6.07, 6.45) is 2.56. The number of carbonyl (C=O) groups is 1. The molecular weight excluding hydrogens is 224 g/mol. The van der Waals surface area contributed by atoms with E-state index in [0.29, 0.717) is 13.0 Å². The van der Waals surface area contributed by atoms with Crippen molar-refractivity contribution in [2.75, 3.05) is 13.1 Å². The molecule has 1 atom stereocenters. The van der Waals surface area contributed by atoms with Gasteiger partial charge in [0.05, 0.1) is 6.42 Å². The van der Waals surface area contributed by atoms with Crippen LogP contribution in [0.4, 0.5) is 0 Å². The van der Waals surface area contributed by atoms with Gasteiger partial charge < -0.3 is 10.6 Å². The minimum absolute atomic E-state index is 0.154. The van der Waals surface area contributed by atoms with Crippen LogP contribution in [0.25, 0.3) is 0 Å². The number of aryl methyl sites for hydroxylation is 2. The Morgan fingerprint density at radius 2 is 2.22 bits per heavy atom. The second-order valence-electron chi connectivity index (χ2n) is 5.35. The zero-order valence-corrected chi connectivity index (χ0v) is 11.3. The van der Waals surface area contributed by atoms with Gasteiger partial charge in [0.25, 0.3) is 0 Å². The van der Waals surface area contributed by atoms with Gasteiger partial charge in [-0.3, -0.25) is 4.79 Å². The van der Waals surface area contributed by atoms with Crippen LogP contribution < -0.4 is 5.73 Å². The molecule has 2 rings (SSSR count). The fourth-order valence-corrected chi connectivity index (χ4v) is 2.56. The number of benzene rings is 1. The van der Waals surface area contributed by atoms with E-state index in [1.807, 2.05) is 4.90 Å². The van der Waals surface area contributed by atoms with Crippen LogP contribution in [0.5, 0.6) is 0 Å². The maximum atomic E-state index is 12.2. The fourth-order valence-electron chi connectivity index (χ4n) is 2.56. The van der Waals surface area contributed by atoms with Crippen molar-refractivity contribution in [2.24, 2.45) is 5.73 Å². The zero-order chi connectivity index (χ0) is 13.1. The van der Waals surface area contributed by atoms with Crippen LogP contribution >= 0.6 is 0 Å². The van der Waals surface area contributed by atoms with E-state index in [4.69, 9.17) is 5.73 Å². The third-order valence-electron chi connectivity index (χ3n) is 3.65. The normalized spacial score (nSPS) is 19.9. The summed E-state index contributed by atoms with van der Waals surface area (Å²) in [7, 11) is 0. The average Bonchev–Trinajstić information content (AvgIpc) is 2.32. The van der Waals surface area contributed by atoms with Crippen molar-refractivity contribution >= 4 is 5.91 Å². The molecule has 1 aliphatic rings. The summed E-state index contributed by atoms with van der Waals surface area (Å²) in [4.78, 5) is 14.1. The zero-order valence-electron chi connectivity index (χ0n) is 11.3. The van der Waals surface area contributed by atoms with E-state index in [1.165, 1.54) is 11.1 Å². The quantitative estimate of drug-likeness (QED) is 0.865. The molecule has 1 saturated heterocycles. The number of rotatable bonds is 2. The molecule has 0 spiro atoms. The number of amides is 1. The molecule has 3 heteroatoms. The first-order valence-electron chi connectivity index (χ1n) is 6.66. The summed E-state index contributed by atoms with van der Waals surface area (Å²) in [5.41, 5.74) is 9.48. The molecule has 0 bridgehead atoms. The van der Waals surface area contributed by atoms with Crippen LogP contribution in [0.15, 0.2) is 18.2 Å². The lowest BCUT2D eigenvalue weighted by molar-refractivity contribution is -0.131. The lowest BCUT2D eigenvalue weighted by Crippen LogP contribution is -2.46. The third kappa shape index (κ3) is 3.10. The Hall–Kier alpha value is -1.35. The molecule has 1 unspecified atom stereocenters. The van der Waals surface area contributed by atoms with E-state index in [9.17, 15) is 4.79 Å². The third-order valence-corrected chi connectivity index (χ3v) is 3.65. The summed E-state index contributed by atoms with van der Waals surface area (Å²) in [5.74, 6) is 0.206. The fraction of sp³-hybridized carbons (Fsp3) is 0.533. The second kappa shape index (κ2) is 5.53. The van der Waals surface area contributed by atoms with Gasteiger partial charge in [-0.15, -0.1) is 0 Å². The van der Waals surface area contributed by atoms with Crippen molar-refractivity contribution in [3.8, 4) is 0 Å². The SMILES string of the molecule is Cc1ccc(CC(=O)N2CCCC(N)C2)c(C)c1. The molecule has 1 aliphatic heterocycles. The summed E-state index contributed by atoms with van der Waals surface area (Å²) >= 11 is 0. The lowest BCUT2D eigenvalue weighted by atomic mass is 10.0. The Bertz CT molecular complexity index is 442. The van der Waals surface area contributed by atoms with E-state index in [1.54, 1.807) is 0 Å². The predicted octanol–water partition coefficient (Wildman–Crippen LogP) is 1.80. The Morgan fingerprint density at radius 1 is 1.44 bits per heavy atom. The van der Waals surface area contributed by atoms with Gasteiger partial charge in [0, 0.05) is 19.1 Å². The van der Waals surface area contributed by atoms with E-state index >= 15 is 0 Å². The maximum absolute atomic E-state index is 12.2. The molecule has 1 aromatic carbocycles. The molecule has 1 amide bonds. The lowest BCUT2D eigenvalue weighted by Gasteiger charge is -2.31. The van der Waals surface area contributed by atoms with Crippen molar-refractivity contribution < 1.29 is 4.79 Å². The molecule has 2 N–H and O–H groups in total. The Labute approximate surface area is 109 Å². The minimum atomic E-state index is 0.154. The number of likely N-dealkylation sites (tertiary alicyclic amines) is 1. The first-order valence-corrected chi connectivity index (χ1v) is 6.66. The van der Waals surface area contributed by atoms with Gasteiger partial charge in [-0.1, -0.05) is 23.8 Å². The van der Waals surface area contributed by atoms with Crippen LogP contribution in [-0.2, 0) is 11.2 Å². The summed E-state index contributed by atoms with van der Waals surface area (Å²) in [5, 5.41) is 0. The molecule has 0 saturated carbocycles. The largest absolute Gasteiger partial charge is 0.341 e. The Morgan fingerprint density at radius 3 is 2.89 bits per heavy atom. The summed E-state index contributed by atoms with van der Waals surface area (Å²) in [6.45, 7) is 5.71. The first kappa shape index (κ1) is 13.1. The van der Waals surface area contributed by atoms with Crippen molar-refractivity contribution in [1.82, 2.24) is 4.90 Å². The van der Waals surface area contributed by atoms with Crippen LogP contribution in [-0.4, -0.2) is 29.9 Å². The van der Waals surface area contributed by atoms with Crippen LogP contribution in [0.3, 0.4) is 0 Å². The topological polar surface area (TPSA) is 46.3 Å². The van der Waals surface area contributed by atoms with Gasteiger partial charge in [0.2, 0.25) is 5.91 Å². The molecule has 18 heavy (non-hydrogen) atoms. The van der Waals surface area contributed by atoms with Gasteiger partial charge in [0.15, 0.2) is 0 Å². The molecule has 1 aromatic rings. The van der Waals surface area contributed by atoms with Crippen LogP contribution in [0, 0.1) is 13.8 Å². The molecule has 0 aromatic heterocycles. The molecule has 3 nitrogen and oxygen atoms in total.